The van der Waals surface area contributed by atoms with E-state index in [0.29, 0.717) is 12.1 Å². The summed E-state index contributed by atoms with van der Waals surface area (Å²) >= 11 is 4.69. The second kappa shape index (κ2) is 5.03. The van der Waals surface area contributed by atoms with Crippen molar-refractivity contribution in [2.45, 2.75) is 6.54 Å². The van der Waals surface area contributed by atoms with Gasteiger partial charge < -0.3 is 5.32 Å². The van der Waals surface area contributed by atoms with E-state index in [1.807, 2.05) is 18.5 Å². The van der Waals surface area contributed by atoms with Gasteiger partial charge in [-0.15, -0.1) is 11.3 Å². The molecular formula is C11H10BrFN2S. The molecule has 0 bridgehead atoms. The lowest BCUT2D eigenvalue weighted by molar-refractivity contribution is 0.630. The number of aromatic nitrogens is 1. The van der Waals surface area contributed by atoms with Crippen LogP contribution in [0.25, 0.3) is 10.6 Å². The molecule has 1 heterocycles. The quantitative estimate of drug-likeness (QED) is 0.939. The first kappa shape index (κ1) is 11.7. The van der Waals surface area contributed by atoms with Crippen molar-refractivity contribution in [2.24, 2.45) is 0 Å². The Morgan fingerprint density at radius 1 is 1.50 bits per heavy atom. The maximum absolute atomic E-state index is 13.7. The molecule has 16 heavy (non-hydrogen) atoms. The standard InChI is InChI=1S/C11H10BrFN2S/c1-14-5-8-6-16-11(15-8)9-3-2-7(12)4-10(9)13/h2-4,6,14H,5H2,1H3. The van der Waals surface area contributed by atoms with Gasteiger partial charge in [-0.2, -0.15) is 0 Å². The summed E-state index contributed by atoms with van der Waals surface area (Å²) in [6.07, 6.45) is 0. The predicted molar refractivity (Wildman–Crippen MR) is 68.0 cm³/mol. The van der Waals surface area contributed by atoms with Crippen LogP contribution in [0.5, 0.6) is 0 Å². The lowest BCUT2D eigenvalue weighted by Gasteiger charge is -1.99. The molecule has 1 aromatic carbocycles. The van der Waals surface area contributed by atoms with E-state index in [1.165, 1.54) is 17.4 Å². The summed E-state index contributed by atoms with van der Waals surface area (Å²) in [5.41, 5.74) is 1.49. The van der Waals surface area contributed by atoms with Crippen molar-refractivity contribution in [2.75, 3.05) is 7.05 Å². The number of nitrogens with zero attached hydrogens (tertiary/aromatic N) is 1. The van der Waals surface area contributed by atoms with E-state index in [4.69, 9.17) is 0 Å². The SMILES string of the molecule is CNCc1csc(-c2ccc(Br)cc2F)n1. The molecule has 5 heteroatoms. The molecule has 1 N–H and O–H groups in total. The minimum absolute atomic E-state index is 0.250. The first-order valence-corrected chi connectivity index (χ1v) is 6.42. The molecule has 84 valence electrons. The van der Waals surface area contributed by atoms with E-state index in [2.05, 4.69) is 26.2 Å². The number of hydrogen-bond acceptors (Lipinski definition) is 3. The smallest absolute Gasteiger partial charge is 0.134 e. The van der Waals surface area contributed by atoms with E-state index < -0.39 is 0 Å². The van der Waals surface area contributed by atoms with Gasteiger partial charge in [0.15, 0.2) is 0 Å². The highest BCUT2D eigenvalue weighted by atomic mass is 79.9. The van der Waals surface area contributed by atoms with Gasteiger partial charge in [0.25, 0.3) is 0 Å². The van der Waals surface area contributed by atoms with E-state index in [1.54, 1.807) is 6.07 Å². The van der Waals surface area contributed by atoms with Gasteiger partial charge >= 0.3 is 0 Å². The van der Waals surface area contributed by atoms with Crippen molar-refractivity contribution in [3.8, 4) is 10.6 Å². The van der Waals surface area contributed by atoms with Crippen LogP contribution in [0.2, 0.25) is 0 Å². The second-order valence-electron chi connectivity index (χ2n) is 3.30. The number of benzene rings is 1. The molecule has 0 amide bonds. The molecule has 1 aromatic heterocycles. The van der Waals surface area contributed by atoms with Crippen molar-refractivity contribution in [1.29, 1.82) is 0 Å². The van der Waals surface area contributed by atoms with Crippen LogP contribution < -0.4 is 5.32 Å². The van der Waals surface area contributed by atoms with Gasteiger partial charge in [0.05, 0.1) is 5.69 Å². The van der Waals surface area contributed by atoms with Crippen LogP contribution >= 0.6 is 27.3 Å². The van der Waals surface area contributed by atoms with Crippen LogP contribution in [0.15, 0.2) is 28.1 Å². The van der Waals surface area contributed by atoms with Crippen LogP contribution in [0.1, 0.15) is 5.69 Å². The van der Waals surface area contributed by atoms with Crippen molar-refractivity contribution in [1.82, 2.24) is 10.3 Å². The van der Waals surface area contributed by atoms with Gasteiger partial charge in [-0.05, 0) is 25.2 Å². The number of hydrogen-bond donors (Lipinski definition) is 1. The Balaban J connectivity index is 2.35. The average Bonchev–Trinajstić information content (AvgIpc) is 2.67. The molecule has 0 spiro atoms. The van der Waals surface area contributed by atoms with Crippen LogP contribution in [-0.4, -0.2) is 12.0 Å². The van der Waals surface area contributed by atoms with Gasteiger partial charge in [-0.25, -0.2) is 9.37 Å². The fraction of sp³-hybridized carbons (Fsp3) is 0.182. The Bertz CT molecular complexity index is 498. The zero-order valence-corrected chi connectivity index (χ0v) is 11.0. The van der Waals surface area contributed by atoms with Crippen molar-refractivity contribution in [3.63, 3.8) is 0 Å². The third kappa shape index (κ3) is 2.48. The molecule has 0 unspecified atom stereocenters. The Labute approximate surface area is 106 Å². The van der Waals surface area contributed by atoms with Crippen molar-refractivity contribution >= 4 is 27.3 Å². The van der Waals surface area contributed by atoms with E-state index >= 15 is 0 Å². The van der Waals surface area contributed by atoms with Gasteiger partial charge in [-0.3, -0.25) is 0 Å². The predicted octanol–water partition coefficient (Wildman–Crippen LogP) is 3.43. The third-order valence-corrected chi connectivity index (χ3v) is 3.49. The van der Waals surface area contributed by atoms with Crippen LogP contribution in [-0.2, 0) is 6.54 Å². The molecule has 0 aliphatic carbocycles. The minimum atomic E-state index is -0.250. The average molecular weight is 301 g/mol. The molecule has 0 aliphatic heterocycles. The summed E-state index contributed by atoms with van der Waals surface area (Å²) in [6, 6.07) is 5.01. The Morgan fingerprint density at radius 2 is 2.31 bits per heavy atom. The summed E-state index contributed by atoms with van der Waals surface area (Å²) in [5, 5.41) is 5.67. The fourth-order valence-electron chi connectivity index (χ4n) is 1.36. The monoisotopic (exact) mass is 300 g/mol. The largest absolute Gasteiger partial charge is 0.314 e. The summed E-state index contributed by atoms with van der Waals surface area (Å²) in [6.45, 7) is 0.703. The van der Waals surface area contributed by atoms with Crippen LogP contribution in [0.4, 0.5) is 4.39 Å². The van der Waals surface area contributed by atoms with E-state index in [0.717, 1.165) is 15.2 Å². The zero-order chi connectivity index (χ0) is 11.5. The number of halogens is 2. The lowest BCUT2D eigenvalue weighted by atomic mass is 10.2. The van der Waals surface area contributed by atoms with Crippen molar-refractivity contribution in [3.05, 3.63) is 39.6 Å². The Hall–Kier alpha value is -0.780. The minimum Gasteiger partial charge on any atom is -0.314 e. The number of thiazole rings is 1. The maximum atomic E-state index is 13.7. The molecular weight excluding hydrogens is 291 g/mol. The first-order valence-electron chi connectivity index (χ1n) is 4.75. The third-order valence-electron chi connectivity index (χ3n) is 2.07. The molecule has 0 aliphatic rings. The summed E-state index contributed by atoms with van der Waals surface area (Å²) < 4.78 is 14.4. The fourth-order valence-corrected chi connectivity index (χ4v) is 2.54. The molecule has 2 aromatic rings. The number of rotatable bonds is 3. The zero-order valence-electron chi connectivity index (χ0n) is 8.63. The highest BCUT2D eigenvalue weighted by Gasteiger charge is 2.09. The van der Waals surface area contributed by atoms with Crippen LogP contribution in [0, 0.1) is 5.82 Å². The second-order valence-corrected chi connectivity index (χ2v) is 5.07. The Kier molecular flexibility index (Phi) is 3.68. The van der Waals surface area contributed by atoms with Gasteiger partial charge in [0.1, 0.15) is 10.8 Å². The topological polar surface area (TPSA) is 24.9 Å². The maximum Gasteiger partial charge on any atom is 0.134 e. The summed E-state index contributed by atoms with van der Waals surface area (Å²) in [5.74, 6) is -0.250. The highest BCUT2D eigenvalue weighted by Crippen LogP contribution is 2.28. The van der Waals surface area contributed by atoms with E-state index in [9.17, 15) is 4.39 Å². The molecule has 0 saturated carbocycles. The molecule has 0 radical (unpaired) electrons. The van der Waals surface area contributed by atoms with E-state index in [-0.39, 0.29) is 5.82 Å². The molecule has 0 atom stereocenters. The van der Waals surface area contributed by atoms with Crippen LogP contribution in [0.3, 0.4) is 0 Å². The van der Waals surface area contributed by atoms with Crippen molar-refractivity contribution < 1.29 is 4.39 Å². The van der Waals surface area contributed by atoms with Gasteiger partial charge in [-0.1, -0.05) is 15.9 Å². The highest BCUT2D eigenvalue weighted by molar-refractivity contribution is 9.10. The molecule has 2 nitrogen and oxygen atoms in total. The lowest BCUT2D eigenvalue weighted by Crippen LogP contribution is -2.04. The first-order chi connectivity index (χ1) is 7.70. The summed E-state index contributed by atoms with van der Waals surface area (Å²) in [4.78, 5) is 4.36. The molecule has 2 rings (SSSR count). The number of nitrogens with one attached hydrogen (secondary N) is 1. The summed E-state index contributed by atoms with van der Waals surface area (Å²) in [7, 11) is 1.86. The van der Waals surface area contributed by atoms with Gasteiger partial charge in [0, 0.05) is 22.0 Å². The normalized spacial score (nSPS) is 10.7. The Morgan fingerprint density at radius 3 is 3.00 bits per heavy atom. The molecule has 0 fully saturated rings. The van der Waals surface area contributed by atoms with Gasteiger partial charge in [0.2, 0.25) is 0 Å². The molecule has 0 saturated heterocycles.